The van der Waals surface area contributed by atoms with Gasteiger partial charge in [-0.05, 0) is 96.2 Å². The molecule has 4 aromatic carbocycles. The topological polar surface area (TPSA) is 122 Å². The Kier molecular flexibility index (Phi) is 11.6. The van der Waals surface area contributed by atoms with E-state index in [-0.39, 0.29) is 23.3 Å². The Bertz CT molecular complexity index is 2330. The predicted molar refractivity (Wildman–Crippen MR) is 213 cm³/mol. The average Bonchev–Trinajstić information content (AvgIpc) is 3.54. The maximum atomic E-state index is 13.0. The van der Waals surface area contributed by atoms with Gasteiger partial charge < -0.3 is 5.11 Å². The zero-order valence-corrected chi connectivity index (χ0v) is 32.8. The fourth-order valence-electron chi connectivity index (χ4n) is 7.15. The minimum Gasteiger partial charge on any atom is -0.493 e. The second-order valence-electron chi connectivity index (χ2n) is 13.3. The summed E-state index contributed by atoms with van der Waals surface area (Å²) in [4.78, 5) is 37.2. The van der Waals surface area contributed by atoms with Gasteiger partial charge in [0, 0.05) is 47.5 Å². The molecule has 0 unspecified atom stereocenters. The van der Waals surface area contributed by atoms with Gasteiger partial charge in [0.2, 0.25) is 10.8 Å². The van der Waals surface area contributed by atoms with E-state index < -0.39 is 13.1 Å². The molecule has 2 saturated heterocycles. The highest BCUT2D eigenvalue weighted by Gasteiger charge is 2.59. The zero-order chi connectivity index (χ0) is 38.8. The number of carbonyl (C=O) groups is 2. The van der Waals surface area contributed by atoms with Crippen LogP contribution in [0.25, 0.3) is 33.4 Å². The van der Waals surface area contributed by atoms with E-state index in [1.165, 1.54) is 10.0 Å². The second kappa shape index (κ2) is 16.0. The lowest BCUT2D eigenvalue weighted by molar-refractivity contribution is -0.150. The molecule has 10 nitrogen and oxygen atoms in total. The molecule has 0 spiro atoms. The van der Waals surface area contributed by atoms with Crippen LogP contribution in [0.1, 0.15) is 42.4 Å². The lowest BCUT2D eigenvalue weighted by Gasteiger charge is -2.31. The number of hydrogen-bond acceptors (Lipinski definition) is 6. The summed E-state index contributed by atoms with van der Waals surface area (Å²) in [6.45, 7) is 6.33. The lowest BCUT2D eigenvalue weighted by Crippen LogP contribution is -2.45. The molecule has 0 radical (unpaired) electrons. The third-order valence-electron chi connectivity index (χ3n) is 9.87. The Labute approximate surface area is 328 Å². The molecule has 14 heteroatoms. The van der Waals surface area contributed by atoms with E-state index in [1.807, 2.05) is 105 Å². The summed E-state index contributed by atoms with van der Waals surface area (Å²) < 4.78 is 21.7. The first-order chi connectivity index (χ1) is 25.7. The van der Waals surface area contributed by atoms with Crippen LogP contribution in [0.5, 0.6) is 5.88 Å². The molecule has 0 bridgehead atoms. The van der Waals surface area contributed by atoms with Gasteiger partial charge in [0.15, 0.2) is 0 Å². The summed E-state index contributed by atoms with van der Waals surface area (Å²) in [5.74, 6) is -0.563. The number of aromatic nitrogens is 2. The third kappa shape index (κ3) is 7.95. The van der Waals surface area contributed by atoms with Crippen LogP contribution in [0.4, 0.5) is 0 Å². The molecule has 54 heavy (non-hydrogen) atoms. The van der Waals surface area contributed by atoms with Gasteiger partial charge in [0.1, 0.15) is 5.56 Å². The van der Waals surface area contributed by atoms with Crippen molar-refractivity contribution >= 4 is 53.0 Å². The number of halogens is 3. The van der Waals surface area contributed by atoms with Crippen molar-refractivity contribution in [3.63, 3.8) is 0 Å². The third-order valence-corrected chi connectivity index (χ3v) is 10.4. The Hall–Kier alpha value is -4.55. The summed E-state index contributed by atoms with van der Waals surface area (Å²) in [6.07, 6.45) is 3.76. The van der Waals surface area contributed by atoms with E-state index in [0.29, 0.717) is 37.3 Å². The van der Waals surface area contributed by atoms with Crippen molar-refractivity contribution in [1.29, 1.82) is 0 Å². The van der Waals surface area contributed by atoms with E-state index in [0.717, 1.165) is 64.6 Å². The van der Waals surface area contributed by atoms with Crippen molar-refractivity contribution in [3.05, 3.63) is 124 Å². The van der Waals surface area contributed by atoms with Crippen molar-refractivity contribution in [3.8, 4) is 39.3 Å². The van der Waals surface area contributed by atoms with Gasteiger partial charge in [-0.2, -0.15) is 8.42 Å². The van der Waals surface area contributed by atoms with Gasteiger partial charge in [-0.3, -0.25) is 19.1 Å². The highest BCUT2D eigenvalue weighted by atomic mass is 36.0. The first kappa shape index (κ1) is 39.2. The summed E-state index contributed by atoms with van der Waals surface area (Å²) >= 11 is 6.75. The van der Waals surface area contributed by atoms with Crippen LogP contribution in [0.15, 0.2) is 102 Å². The number of aromatic hydroxyl groups is 1. The number of hydrogen-bond donors (Lipinski definition) is 1. The normalized spacial score (nSPS) is 16.1. The van der Waals surface area contributed by atoms with Crippen molar-refractivity contribution in [2.45, 2.75) is 57.5 Å². The minimum atomic E-state index is -3.72. The molecule has 0 saturated carbocycles. The molecule has 3 aliphatic rings. The van der Waals surface area contributed by atoms with Gasteiger partial charge in [-0.15, -0.1) is 0 Å². The summed E-state index contributed by atoms with van der Waals surface area (Å²) in [7, 11) is 4.81. The van der Waals surface area contributed by atoms with Crippen LogP contribution in [0.3, 0.4) is 0 Å². The van der Waals surface area contributed by atoms with E-state index in [2.05, 4.69) is 27.4 Å². The molecule has 8 rings (SSSR count). The largest absolute Gasteiger partial charge is 0.493 e. The van der Waals surface area contributed by atoms with Crippen molar-refractivity contribution in [2.24, 2.45) is 0 Å². The number of nitrogens with zero attached hydrogens (tertiary/aromatic N) is 4. The maximum Gasteiger partial charge on any atom is 0.317 e. The fraction of sp³-hybridized carbons (Fsp3) is 0.275. The summed E-state index contributed by atoms with van der Waals surface area (Å²) in [5.41, 5.74) is 7.68. The highest BCUT2D eigenvalue weighted by Crippen LogP contribution is 2.43. The van der Waals surface area contributed by atoms with Crippen LogP contribution < -0.4 is 5.56 Å². The molecule has 5 aromatic rings. The maximum absolute atomic E-state index is 13.0. The molecular weight excluding hydrogens is 771 g/mol. The van der Waals surface area contributed by atoms with Crippen molar-refractivity contribution < 1.29 is 23.1 Å². The van der Waals surface area contributed by atoms with Crippen LogP contribution in [-0.4, -0.2) is 57.8 Å². The monoisotopic (exact) mass is 808 g/mol. The first-order valence-corrected chi connectivity index (χ1v) is 21.0. The minimum absolute atomic E-state index is 0.0908. The van der Waals surface area contributed by atoms with E-state index in [9.17, 15) is 19.5 Å². The van der Waals surface area contributed by atoms with Crippen LogP contribution in [0, 0.1) is 13.8 Å². The van der Waals surface area contributed by atoms with Crippen LogP contribution in [0.2, 0.25) is 0 Å². The molecule has 2 amide bonds. The Morgan fingerprint density at radius 3 is 1.56 bits per heavy atom. The number of carbonyl (C=O) groups excluding carboxylic acids is 2. The smallest absolute Gasteiger partial charge is 0.317 e. The van der Waals surface area contributed by atoms with E-state index in [1.54, 1.807) is 9.36 Å². The van der Waals surface area contributed by atoms with Gasteiger partial charge in [0.05, 0.1) is 0 Å². The fourth-order valence-corrected chi connectivity index (χ4v) is 7.55. The zero-order valence-electron chi connectivity index (χ0n) is 29.7. The SMILES string of the molecule is Cc1ccc(-c2ccccc2)cc1-c1c(O)n2n(c1=O)CCCC2.Cc1ccc(-c2ccccc2)cc1C1(Cl)C(=O)N2CCCCN2C1=O.O=S(=O)(Cl)Cl. The molecule has 282 valence electrons. The van der Waals surface area contributed by atoms with Crippen molar-refractivity contribution in [2.75, 3.05) is 13.1 Å². The second-order valence-corrected chi connectivity index (χ2v) is 17.6. The molecule has 1 N–H and O–H groups in total. The van der Waals surface area contributed by atoms with Gasteiger partial charge in [0.25, 0.3) is 17.4 Å². The van der Waals surface area contributed by atoms with Crippen molar-refractivity contribution in [1.82, 2.24) is 19.4 Å². The number of fused-ring (bicyclic) bond motifs is 2. The highest BCUT2D eigenvalue weighted by molar-refractivity contribution is 8.31. The molecule has 4 heterocycles. The van der Waals surface area contributed by atoms with Gasteiger partial charge >= 0.3 is 8.26 Å². The van der Waals surface area contributed by atoms with Crippen LogP contribution in [-0.2, 0) is 35.8 Å². The number of benzene rings is 4. The summed E-state index contributed by atoms with van der Waals surface area (Å²) in [5, 5.41) is 13.7. The molecule has 0 aliphatic carbocycles. The number of amides is 2. The van der Waals surface area contributed by atoms with E-state index in [4.69, 9.17) is 20.0 Å². The number of rotatable bonds is 4. The standard InChI is InChI=1S/C20H19ClN2O2.C20H20N2O2.Cl2O2S/c1-14-9-10-16(15-7-3-2-4-8-15)13-17(14)20(21)18(24)22-11-5-6-12-23(22)19(20)25;1-14-9-10-16(15-7-3-2-4-8-15)13-17(14)18-19(23)21-11-5-6-12-22(21)20(18)24;1-5(2,3)4/h2-4,7-10,13H,5-6,11-12H2,1H3;2-4,7-10,13,23H,5-6,11-12H2,1H3;. The molecule has 3 aliphatic heterocycles. The lowest BCUT2D eigenvalue weighted by atomic mass is 9.90. The average molecular weight is 810 g/mol. The van der Waals surface area contributed by atoms with Gasteiger partial charge in [-0.25, -0.2) is 14.7 Å². The van der Waals surface area contributed by atoms with Crippen LogP contribution >= 0.6 is 33.0 Å². The Morgan fingerprint density at radius 1 is 0.611 bits per heavy atom. The predicted octanol–water partition coefficient (Wildman–Crippen LogP) is 7.98. The van der Waals surface area contributed by atoms with Gasteiger partial charge in [-0.1, -0.05) is 96.5 Å². The number of alkyl halides is 1. The Balaban J connectivity index is 0.000000164. The summed E-state index contributed by atoms with van der Waals surface area (Å²) in [6, 6.07) is 31.8. The number of hydrazine groups is 1. The van der Waals surface area contributed by atoms with E-state index >= 15 is 0 Å². The molecule has 0 atom stereocenters. The molecule has 2 fully saturated rings. The molecule has 1 aromatic heterocycles. The Morgan fingerprint density at radius 2 is 1.06 bits per heavy atom. The molecular formula is C40H39Cl3N4O6S. The quantitative estimate of drug-likeness (QED) is 0.112. The first-order valence-electron chi connectivity index (χ1n) is 17.5. The number of aryl methyl sites for hydroxylation is 2.